The number of nitrogens with one attached hydrogen (secondary N) is 1. The van der Waals surface area contributed by atoms with E-state index in [1.165, 1.54) is 12.8 Å². The Morgan fingerprint density at radius 1 is 1.25 bits per heavy atom. The first kappa shape index (κ1) is 22.8. The van der Waals surface area contributed by atoms with Crippen molar-refractivity contribution in [3.63, 3.8) is 0 Å². The number of aliphatic imine (C=N–C) groups is 1. The number of guanidine groups is 1. The fraction of sp³-hybridized carbons (Fsp3) is 0.667. The number of halogens is 1. The van der Waals surface area contributed by atoms with E-state index in [1.54, 1.807) is 7.11 Å². The summed E-state index contributed by atoms with van der Waals surface area (Å²) in [4.78, 5) is 9.49. The van der Waals surface area contributed by atoms with Crippen molar-refractivity contribution in [3.05, 3.63) is 29.3 Å². The molecule has 1 aromatic carbocycles. The molecule has 0 bridgehead atoms. The molecule has 0 atom stereocenters. The van der Waals surface area contributed by atoms with Gasteiger partial charge in [-0.15, -0.1) is 0 Å². The highest BCUT2D eigenvalue weighted by Gasteiger charge is 2.19. The molecule has 0 amide bonds. The average molecular weight is 411 g/mol. The molecule has 1 fully saturated rings. The molecule has 1 aromatic rings. The Hall–Kier alpha value is -1.50. The third-order valence-electron chi connectivity index (χ3n) is 5.02. The predicted molar refractivity (Wildman–Crippen MR) is 117 cm³/mol. The molecule has 1 aliphatic heterocycles. The number of piperidine rings is 1. The van der Waals surface area contributed by atoms with E-state index >= 15 is 0 Å². The first-order chi connectivity index (χ1) is 13.6. The standard InChI is InChI=1S/C21H35ClN4O2/c1-4-23-21(24-17-18-9-11-26(12-10-18)14-15-27-3)25(2)13-16-28-20-7-5-19(22)6-8-20/h5-8,18H,4,9-17H2,1-3H3,(H,23,24). The van der Waals surface area contributed by atoms with Crippen LogP contribution in [-0.2, 0) is 4.74 Å². The Kier molecular flexibility index (Phi) is 10.5. The fourth-order valence-corrected chi connectivity index (χ4v) is 3.36. The van der Waals surface area contributed by atoms with Crippen LogP contribution in [0.4, 0.5) is 0 Å². The number of likely N-dealkylation sites (N-methyl/N-ethyl adjacent to an activating group) is 1. The molecule has 2 rings (SSSR count). The lowest BCUT2D eigenvalue weighted by Crippen LogP contribution is -2.41. The molecule has 6 nitrogen and oxygen atoms in total. The minimum atomic E-state index is 0.598. The van der Waals surface area contributed by atoms with Crippen LogP contribution in [0.15, 0.2) is 29.3 Å². The van der Waals surface area contributed by atoms with E-state index in [2.05, 4.69) is 29.1 Å². The number of benzene rings is 1. The van der Waals surface area contributed by atoms with Gasteiger partial charge in [0.15, 0.2) is 5.96 Å². The average Bonchev–Trinajstić information content (AvgIpc) is 2.71. The number of methoxy groups -OCH3 is 1. The van der Waals surface area contributed by atoms with Gasteiger partial charge in [0, 0.05) is 38.8 Å². The van der Waals surface area contributed by atoms with Crippen molar-refractivity contribution in [3.8, 4) is 5.75 Å². The second kappa shape index (κ2) is 12.9. The zero-order chi connectivity index (χ0) is 20.2. The molecule has 0 aliphatic carbocycles. The molecular formula is C21H35ClN4O2. The Balaban J connectivity index is 1.75. The molecule has 1 saturated heterocycles. The molecule has 158 valence electrons. The second-order valence-electron chi connectivity index (χ2n) is 7.20. The Morgan fingerprint density at radius 3 is 2.61 bits per heavy atom. The largest absolute Gasteiger partial charge is 0.492 e. The van der Waals surface area contributed by atoms with Crippen LogP contribution in [-0.4, -0.2) is 82.4 Å². The van der Waals surface area contributed by atoms with E-state index < -0.39 is 0 Å². The van der Waals surface area contributed by atoms with Gasteiger partial charge in [0.05, 0.1) is 13.2 Å². The second-order valence-corrected chi connectivity index (χ2v) is 7.63. The monoisotopic (exact) mass is 410 g/mol. The Bertz CT molecular complexity index is 574. The first-order valence-electron chi connectivity index (χ1n) is 10.2. The molecular weight excluding hydrogens is 376 g/mol. The Labute approximate surface area is 174 Å². The summed E-state index contributed by atoms with van der Waals surface area (Å²) in [6.07, 6.45) is 2.41. The zero-order valence-electron chi connectivity index (χ0n) is 17.5. The molecule has 0 spiro atoms. The highest BCUT2D eigenvalue weighted by molar-refractivity contribution is 6.30. The number of hydrogen-bond acceptors (Lipinski definition) is 4. The molecule has 1 aliphatic rings. The van der Waals surface area contributed by atoms with Crippen molar-refractivity contribution < 1.29 is 9.47 Å². The van der Waals surface area contributed by atoms with Gasteiger partial charge < -0.3 is 24.6 Å². The molecule has 0 radical (unpaired) electrons. The van der Waals surface area contributed by atoms with Gasteiger partial charge in [-0.2, -0.15) is 0 Å². The summed E-state index contributed by atoms with van der Waals surface area (Å²) in [5.74, 6) is 2.44. The van der Waals surface area contributed by atoms with Crippen LogP contribution in [0.3, 0.4) is 0 Å². The van der Waals surface area contributed by atoms with E-state index in [9.17, 15) is 0 Å². The molecule has 28 heavy (non-hydrogen) atoms. The van der Waals surface area contributed by atoms with Gasteiger partial charge in [0.2, 0.25) is 0 Å². The van der Waals surface area contributed by atoms with Crippen LogP contribution in [0.5, 0.6) is 5.75 Å². The van der Waals surface area contributed by atoms with E-state index in [1.807, 2.05) is 24.3 Å². The van der Waals surface area contributed by atoms with Crippen LogP contribution in [0.25, 0.3) is 0 Å². The van der Waals surface area contributed by atoms with E-state index in [0.717, 1.165) is 62.6 Å². The lowest BCUT2D eigenvalue weighted by atomic mass is 9.97. The summed E-state index contributed by atoms with van der Waals surface area (Å²) in [6, 6.07) is 7.46. The highest BCUT2D eigenvalue weighted by atomic mass is 35.5. The maximum Gasteiger partial charge on any atom is 0.193 e. The van der Waals surface area contributed by atoms with Gasteiger partial charge in [-0.25, -0.2) is 0 Å². The number of rotatable bonds is 10. The predicted octanol–water partition coefficient (Wildman–Crippen LogP) is 2.97. The van der Waals surface area contributed by atoms with Crippen LogP contribution in [0, 0.1) is 5.92 Å². The summed E-state index contributed by atoms with van der Waals surface area (Å²) in [5, 5.41) is 4.11. The third kappa shape index (κ3) is 8.25. The van der Waals surface area contributed by atoms with E-state index in [0.29, 0.717) is 12.5 Å². The smallest absolute Gasteiger partial charge is 0.193 e. The van der Waals surface area contributed by atoms with Crippen LogP contribution < -0.4 is 10.1 Å². The summed E-state index contributed by atoms with van der Waals surface area (Å²) in [6.45, 7) is 9.34. The lowest BCUT2D eigenvalue weighted by Gasteiger charge is -2.31. The maximum atomic E-state index is 5.91. The highest BCUT2D eigenvalue weighted by Crippen LogP contribution is 2.17. The van der Waals surface area contributed by atoms with Crippen molar-refractivity contribution >= 4 is 17.6 Å². The quantitative estimate of drug-likeness (QED) is 0.474. The first-order valence-corrected chi connectivity index (χ1v) is 10.6. The van der Waals surface area contributed by atoms with E-state index in [-0.39, 0.29) is 0 Å². The van der Waals surface area contributed by atoms with Crippen molar-refractivity contribution in [1.29, 1.82) is 0 Å². The number of hydrogen-bond donors (Lipinski definition) is 1. The SMILES string of the molecule is CCNC(=NCC1CCN(CCOC)CC1)N(C)CCOc1ccc(Cl)cc1. The maximum absolute atomic E-state index is 5.91. The van der Waals surface area contributed by atoms with Crippen molar-refractivity contribution in [2.45, 2.75) is 19.8 Å². The van der Waals surface area contributed by atoms with Crippen LogP contribution in [0.1, 0.15) is 19.8 Å². The summed E-state index contributed by atoms with van der Waals surface area (Å²) >= 11 is 5.91. The molecule has 0 saturated carbocycles. The van der Waals surface area contributed by atoms with Crippen molar-refractivity contribution in [2.75, 3.05) is 66.6 Å². The van der Waals surface area contributed by atoms with Gasteiger partial charge in [0.25, 0.3) is 0 Å². The third-order valence-corrected chi connectivity index (χ3v) is 5.28. The number of likely N-dealkylation sites (tertiary alicyclic amines) is 1. The molecule has 1 heterocycles. The van der Waals surface area contributed by atoms with Gasteiger partial charge >= 0.3 is 0 Å². The normalized spacial score (nSPS) is 16.2. The van der Waals surface area contributed by atoms with Gasteiger partial charge in [-0.3, -0.25) is 4.99 Å². The lowest BCUT2D eigenvalue weighted by molar-refractivity contribution is 0.121. The van der Waals surface area contributed by atoms with Crippen LogP contribution in [0.2, 0.25) is 5.02 Å². The number of nitrogens with zero attached hydrogens (tertiary/aromatic N) is 3. The van der Waals surface area contributed by atoms with Gasteiger partial charge in [0.1, 0.15) is 12.4 Å². The minimum Gasteiger partial charge on any atom is -0.492 e. The van der Waals surface area contributed by atoms with Crippen molar-refractivity contribution in [2.24, 2.45) is 10.9 Å². The van der Waals surface area contributed by atoms with E-state index in [4.69, 9.17) is 26.1 Å². The summed E-state index contributed by atoms with van der Waals surface area (Å²) in [7, 11) is 3.82. The van der Waals surface area contributed by atoms with Gasteiger partial charge in [-0.05, 0) is 63.0 Å². The molecule has 7 heteroatoms. The van der Waals surface area contributed by atoms with Crippen molar-refractivity contribution in [1.82, 2.24) is 15.1 Å². The molecule has 0 unspecified atom stereocenters. The summed E-state index contributed by atoms with van der Waals surface area (Å²) < 4.78 is 11.0. The fourth-order valence-electron chi connectivity index (χ4n) is 3.24. The summed E-state index contributed by atoms with van der Waals surface area (Å²) in [5.41, 5.74) is 0. The van der Waals surface area contributed by atoms with Crippen LogP contribution >= 0.6 is 11.6 Å². The topological polar surface area (TPSA) is 49.3 Å². The zero-order valence-corrected chi connectivity index (χ0v) is 18.2. The minimum absolute atomic E-state index is 0.598. The number of ether oxygens (including phenoxy) is 2. The molecule has 1 N–H and O–H groups in total. The Morgan fingerprint density at radius 2 is 1.96 bits per heavy atom. The molecule has 0 aromatic heterocycles. The van der Waals surface area contributed by atoms with Gasteiger partial charge in [-0.1, -0.05) is 11.6 Å².